The van der Waals surface area contributed by atoms with E-state index < -0.39 is 20.1 Å². The van der Waals surface area contributed by atoms with E-state index in [0.717, 1.165) is 50.8 Å². The summed E-state index contributed by atoms with van der Waals surface area (Å²) in [7, 11) is -3.76. The van der Waals surface area contributed by atoms with Gasteiger partial charge in [-0.1, -0.05) is 140 Å². The molecular formula is C66H45BN2O2S2. The fourth-order valence-electron chi connectivity index (χ4n) is 12.1. The molecule has 0 N–H and O–H groups in total. The summed E-state index contributed by atoms with van der Waals surface area (Å²) in [6, 6.07) is 100. The number of nitrogens with zero attached hydrogens (tertiary/aromatic N) is 2. The Hall–Kier alpha value is -8.62. The van der Waals surface area contributed by atoms with Crippen LogP contribution in [0.5, 0.6) is 23.0 Å². The van der Waals surface area contributed by atoms with E-state index >= 15 is 0 Å². The third-order valence-corrected chi connectivity index (χ3v) is 23.0. The van der Waals surface area contributed by atoms with Crippen LogP contribution < -0.4 is 35.7 Å². The smallest absolute Gasteiger partial charge is 0.260 e. The number of hydrogen-bond acceptors (Lipinski definition) is 4. The second-order valence-electron chi connectivity index (χ2n) is 18.8. The summed E-state index contributed by atoms with van der Waals surface area (Å²) in [6.45, 7) is -0.106. The SMILES string of the molecule is c1ccc(S2(c3ccccc3)c3ccccc3N(c3ccc4c(c3)Oc3cccc5c3B4c3ccc(N4c6ccccc6S(c6ccccc6)(c6ccccc6)c6ccccc64)cc3O5)c3ccccc32)cc1. The van der Waals surface area contributed by atoms with Crippen molar-refractivity contribution in [2.75, 3.05) is 9.80 Å². The summed E-state index contributed by atoms with van der Waals surface area (Å²) < 4.78 is 14.0. The highest BCUT2D eigenvalue weighted by molar-refractivity contribution is 8.34. The molecule has 4 aliphatic rings. The summed E-state index contributed by atoms with van der Waals surface area (Å²) in [4.78, 5) is 15.4. The normalized spacial score (nSPS) is 15.5. The molecule has 11 aromatic carbocycles. The second-order valence-corrected chi connectivity index (χ2v) is 24.9. The summed E-state index contributed by atoms with van der Waals surface area (Å²) in [5, 5.41) is 0. The lowest BCUT2D eigenvalue weighted by molar-refractivity contribution is 0.464. The molecule has 4 nitrogen and oxygen atoms in total. The molecule has 0 atom stereocenters. The fourth-order valence-corrected chi connectivity index (χ4v) is 20.5. The first kappa shape index (κ1) is 42.1. The second kappa shape index (κ2) is 16.5. The molecule has 346 valence electrons. The lowest BCUT2D eigenvalue weighted by atomic mass is 9.35. The van der Waals surface area contributed by atoms with Crippen LogP contribution in [0.3, 0.4) is 0 Å². The van der Waals surface area contributed by atoms with E-state index in [-0.39, 0.29) is 6.71 Å². The maximum absolute atomic E-state index is 7.01. The van der Waals surface area contributed by atoms with Gasteiger partial charge in [0.1, 0.15) is 23.0 Å². The van der Waals surface area contributed by atoms with Crippen LogP contribution in [0.15, 0.2) is 312 Å². The van der Waals surface area contributed by atoms with Crippen molar-refractivity contribution in [3.8, 4) is 23.0 Å². The zero-order valence-electron chi connectivity index (χ0n) is 39.6. The first-order chi connectivity index (χ1) is 36.2. The number of para-hydroxylation sites is 4. The summed E-state index contributed by atoms with van der Waals surface area (Å²) >= 11 is 0. The zero-order chi connectivity index (χ0) is 48.1. The Labute approximate surface area is 429 Å². The van der Waals surface area contributed by atoms with E-state index in [0.29, 0.717) is 0 Å². The van der Waals surface area contributed by atoms with Crippen LogP contribution in [0.25, 0.3) is 0 Å². The van der Waals surface area contributed by atoms with Crippen molar-refractivity contribution in [2.45, 2.75) is 39.2 Å². The lowest BCUT2D eigenvalue weighted by Crippen LogP contribution is -2.57. The van der Waals surface area contributed by atoms with Crippen LogP contribution in [0, 0.1) is 0 Å². The molecular weight excluding hydrogens is 928 g/mol. The Morgan fingerprint density at radius 2 is 0.575 bits per heavy atom. The van der Waals surface area contributed by atoms with Gasteiger partial charge in [-0.15, -0.1) is 20.1 Å². The molecule has 15 rings (SSSR count). The van der Waals surface area contributed by atoms with Crippen LogP contribution in [-0.4, -0.2) is 6.71 Å². The van der Waals surface area contributed by atoms with E-state index in [9.17, 15) is 0 Å². The van der Waals surface area contributed by atoms with Crippen molar-refractivity contribution >= 4 is 77.3 Å². The minimum absolute atomic E-state index is 0.106. The highest BCUT2D eigenvalue weighted by Gasteiger charge is 2.46. The van der Waals surface area contributed by atoms with Gasteiger partial charge in [0.2, 0.25) is 0 Å². The lowest BCUT2D eigenvalue weighted by Gasteiger charge is -2.50. The molecule has 0 fully saturated rings. The highest BCUT2D eigenvalue weighted by atomic mass is 32.3. The third kappa shape index (κ3) is 6.01. The first-order valence-corrected chi connectivity index (χ1v) is 28.1. The average molecular weight is 973 g/mol. The molecule has 73 heavy (non-hydrogen) atoms. The molecule has 0 amide bonds. The van der Waals surface area contributed by atoms with E-state index in [1.54, 1.807) is 0 Å². The van der Waals surface area contributed by atoms with Crippen molar-refractivity contribution in [3.63, 3.8) is 0 Å². The molecule has 11 aromatic rings. The zero-order valence-corrected chi connectivity index (χ0v) is 41.2. The number of rotatable bonds is 6. The summed E-state index contributed by atoms with van der Waals surface area (Å²) in [6.07, 6.45) is 0. The Morgan fingerprint density at radius 3 is 0.904 bits per heavy atom. The van der Waals surface area contributed by atoms with Crippen molar-refractivity contribution in [2.24, 2.45) is 0 Å². The number of ether oxygens (including phenoxy) is 2. The van der Waals surface area contributed by atoms with Gasteiger partial charge in [0.25, 0.3) is 6.71 Å². The van der Waals surface area contributed by atoms with Gasteiger partial charge in [-0.25, -0.2) is 0 Å². The molecule has 7 heteroatoms. The maximum Gasteiger partial charge on any atom is 0.260 e. The van der Waals surface area contributed by atoms with Crippen molar-refractivity contribution in [1.29, 1.82) is 0 Å². The van der Waals surface area contributed by atoms with Crippen LogP contribution in [-0.2, 0) is 0 Å². The van der Waals surface area contributed by atoms with E-state index in [1.807, 2.05) is 6.07 Å². The molecule has 0 aromatic heterocycles. The number of anilines is 6. The van der Waals surface area contributed by atoms with Gasteiger partial charge in [-0.2, -0.15) is 0 Å². The Balaban J connectivity index is 0.871. The van der Waals surface area contributed by atoms with Gasteiger partial charge in [-0.05, 0) is 132 Å². The number of benzene rings is 11. The Bertz CT molecular complexity index is 3540. The standard InChI is InChI=1S/C66H45BN2O2S2/c1-5-22-48(23-6-1)72(49-24-7-2-8-25-49)62-36-17-13-30-54(62)68(55-31-14-18-37-63(55)72)46-40-42-52-60(44-46)70-58-34-21-35-59-66(58)67(52)53-43-41-47(45-61(53)71-59)69-56-32-15-19-38-64(56)73(50-26-9-3-10-27-50,51-28-11-4-12-29-51)65-39-20-16-33-57(65)69/h1-45H. The average Bonchev–Trinajstić information content (AvgIpc) is 3.46. The molecule has 0 radical (unpaired) electrons. The molecule has 4 aliphatic heterocycles. The fraction of sp³-hybridized carbons (Fsp3) is 0. The van der Waals surface area contributed by atoms with E-state index in [1.165, 1.54) is 61.9 Å². The molecule has 0 aliphatic carbocycles. The third-order valence-electron chi connectivity index (χ3n) is 15.0. The van der Waals surface area contributed by atoms with Crippen LogP contribution in [0.1, 0.15) is 0 Å². The predicted molar refractivity (Wildman–Crippen MR) is 301 cm³/mol. The van der Waals surface area contributed by atoms with Gasteiger partial charge < -0.3 is 19.3 Å². The quantitative estimate of drug-likeness (QED) is 0.155. The molecule has 0 unspecified atom stereocenters. The first-order valence-electron chi connectivity index (χ1n) is 24.8. The topological polar surface area (TPSA) is 24.9 Å². The molecule has 4 heterocycles. The molecule has 0 saturated heterocycles. The van der Waals surface area contributed by atoms with Gasteiger partial charge in [-0.3, -0.25) is 0 Å². The molecule has 0 bridgehead atoms. The Kier molecular flexibility index (Phi) is 9.50. The predicted octanol–water partition coefficient (Wildman–Crippen LogP) is 16.7. The number of hydrogen-bond donors (Lipinski definition) is 0. The summed E-state index contributed by atoms with van der Waals surface area (Å²) in [5.41, 5.74) is 10.0. The molecule has 0 spiro atoms. The Morgan fingerprint density at radius 1 is 0.274 bits per heavy atom. The van der Waals surface area contributed by atoms with E-state index in [4.69, 9.17) is 9.47 Å². The van der Waals surface area contributed by atoms with Crippen LogP contribution in [0.2, 0.25) is 0 Å². The highest BCUT2D eigenvalue weighted by Crippen LogP contribution is 2.81. The van der Waals surface area contributed by atoms with Crippen LogP contribution in [0.4, 0.5) is 34.1 Å². The monoisotopic (exact) mass is 972 g/mol. The van der Waals surface area contributed by atoms with Crippen molar-refractivity contribution in [1.82, 2.24) is 0 Å². The van der Waals surface area contributed by atoms with E-state index in [2.05, 4.69) is 277 Å². The van der Waals surface area contributed by atoms with Gasteiger partial charge >= 0.3 is 0 Å². The number of fused-ring (bicyclic) bond motifs is 8. The van der Waals surface area contributed by atoms with Gasteiger partial charge in [0, 0.05) is 68.1 Å². The molecule has 0 saturated carbocycles. The minimum Gasteiger partial charge on any atom is -0.458 e. The summed E-state index contributed by atoms with van der Waals surface area (Å²) in [5.74, 6) is 3.32. The van der Waals surface area contributed by atoms with Gasteiger partial charge in [0.05, 0.1) is 22.7 Å². The van der Waals surface area contributed by atoms with Crippen LogP contribution >= 0.6 is 20.1 Å². The largest absolute Gasteiger partial charge is 0.458 e. The van der Waals surface area contributed by atoms with Gasteiger partial charge in [0.15, 0.2) is 0 Å². The van der Waals surface area contributed by atoms with Crippen molar-refractivity contribution < 1.29 is 9.47 Å². The minimum atomic E-state index is -1.88. The maximum atomic E-state index is 7.01. The van der Waals surface area contributed by atoms with Crippen molar-refractivity contribution in [3.05, 3.63) is 273 Å².